The fourth-order valence-corrected chi connectivity index (χ4v) is 5.97. The molecule has 0 spiro atoms. The fourth-order valence-electron chi connectivity index (χ4n) is 2.41. The van der Waals surface area contributed by atoms with Crippen LogP contribution in [0.15, 0.2) is 24.3 Å². The van der Waals surface area contributed by atoms with Crippen molar-refractivity contribution in [1.29, 1.82) is 0 Å². The Balaban J connectivity index is 2.75. The molecule has 0 N–H and O–H groups in total. The molecule has 0 heterocycles. The molecule has 2 heteroatoms. The molecule has 1 aliphatic rings. The van der Waals surface area contributed by atoms with Crippen molar-refractivity contribution < 1.29 is 4.20 Å². The second-order valence-electron chi connectivity index (χ2n) is 4.76. The molecular weight excluding hydrogens is 206 g/mol. The summed E-state index contributed by atoms with van der Waals surface area (Å²) in [4.78, 5) is 0. The summed E-state index contributed by atoms with van der Waals surface area (Å²) in [6, 6.07) is 0. The molecule has 0 aromatic heterocycles. The van der Waals surface area contributed by atoms with Gasteiger partial charge in [0.05, 0.1) is 0 Å². The van der Waals surface area contributed by atoms with Crippen molar-refractivity contribution in [3.63, 3.8) is 0 Å². The summed E-state index contributed by atoms with van der Waals surface area (Å²) in [6.07, 6.45) is 12.6. The Labute approximate surface area is 93.7 Å². The van der Waals surface area contributed by atoms with Crippen LogP contribution in [0.2, 0.25) is 0 Å². The molecule has 0 aromatic carbocycles. The van der Waals surface area contributed by atoms with Gasteiger partial charge in [0, 0.05) is 0 Å². The fraction of sp³-hybridized carbons (Fsp3) is 0.692. The molecule has 1 rings (SSSR count). The van der Waals surface area contributed by atoms with Crippen LogP contribution in [-0.2, 0) is 0 Å². The minimum absolute atomic E-state index is 0.442. The first-order valence-corrected chi connectivity index (χ1v) is 8.98. The topological polar surface area (TPSA) is 0 Å². The van der Waals surface area contributed by atoms with Gasteiger partial charge in [0.25, 0.3) is 0 Å². The summed E-state index contributed by atoms with van der Waals surface area (Å²) in [7, 11) is 0. The van der Waals surface area contributed by atoms with E-state index in [4.69, 9.17) is 0 Å². The summed E-state index contributed by atoms with van der Waals surface area (Å²) < 4.78 is 15.2. The Morgan fingerprint density at radius 2 is 1.73 bits per heavy atom. The Bertz CT molecular complexity index is 253. The molecule has 1 unspecified atom stereocenters. The van der Waals surface area contributed by atoms with E-state index in [9.17, 15) is 0 Å². The van der Waals surface area contributed by atoms with Crippen LogP contribution in [-0.4, -0.2) is 24.6 Å². The van der Waals surface area contributed by atoms with Crippen LogP contribution in [0.3, 0.4) is 0 Å². The standard InChI is InChI=1S/C13H24FP/c1-4-15(14,5-2,6-3)12-13-10-8-7-9-11-13/h7-10,13H,4-6,11-12H2,1-3H3. The van der Waals surface area contributed by atoms with Gasteiger partial charge in [0.1, 0.15) is 0 Å². The molecule has 0 aliphatic heterocycles. The Morgan fingerprint density at radius 1 is 1.13 bits per heavy atom. The van der Waals surface area contributed by atoms with Gasteiger partial charge < -0.3 is 0 Å². The summed E-state index contributed by atoms with van der Waals surface area (Å²) in [5.74, 6) is 0.442. The van der Waals surface area contributed by atoms with E-state index in [0.717, 1.165) is 31.1 Å². The van der Waals surface area contributed by atoms with Crippen molar-refractivity contribution >= 4 is 6.91 Å². The molecule has 0 saturated heterocycles. The zero-order valence-corrected chi connectivity index (χ0v) is 11.1. The first kappa shape index (κ1) is 12.9. The average molecular weight is 230 g/mol. The summed E-state index contributed by atoms with van der Waals surface area (Å²) in [5, 5.41) is 0. The van der Waals surface area contributed by atoms with Gasteiger partial charge >= 0.3 is 93.2 Å². The summed E-state index contributed by atoms with van der Waals surface area (Å²) in [5.41, 5.74) is 0. The van der Waals surface area contributed by atoms with Gasteiger partial charge in [-0.25, -0.2) is 0 Å². The van der Waals surface area contributed by atoms with Crippen molar-refractivity contribution in [3.05, 3.63) is 24.3 Å². The third kappa shape index (κ3) is 2.91. The van der Waals surface area contributed by atoms with Crippen LogP contribution >= 0.6 is 6.91 Å². The number of rotatable bonds is 5. The molecule has 1 aliphatic carbocycles. The van der Waals surface area contributed by atoms with Crippen LogP contribution in [0, 0.1) is 5.92 Å². The zero-order chi connectivity index (χ0) is 11.4. The van der Waals surface area contributed by atoms with Crippen molar-refractivity contribution in [1.82, 2.24) is 0 Å². The Kier molecular flexibility index (Phi) is 4.12. The zero-order valence-electron chi connectivity index (χ0n) is 10.2. The van der Waals surface area contributed by atoms with Gasteiger partial charge in [-0.2, -0.15) is 0 Å². The third-order valence-corrected chi connectivity index (χ3v) is 10.3. The van der Waals surface area contributed by atoms with Crippen LogP contribution in [0.4, 0.5) is 4.20 Å². The third-order valence-electron chi connectivity index (χ3n) is 4.13. The maximum atomic E-state index is 15.2. The van der Waals surface area contributed by atoms with Crippen LogP contribution < -0.4 is 0 Å². The molecule has 0 nitrogen and oxygen atoms in total. The van der Waals surface area contributed by atoms with E-state index in [1.54, 1.807) is 0 Å². The average Bonchev–Trinajstić information content (AvgIpc) is 2.31. The summed E-state index contributed by atoms with van der Waals surface area (Å²) in [6.45, 7) is 3.24. The second-order valence-corrected chi connectivity index (χ2v) is 10.7. The van der Waals surface area contributed by atoms with Gasteiger partial charge in [-0.15, -0.1) is 0 Å². The van der Waals surface area contributed by atoms with Gasteiger partial charge in [-0.3, -0.25) is 0 Å². The Hall–Kier alpha value is -0.160. The quantitative estimate of drug-likeness (QED) is 0.605. The molecule has 15 heavy (non-hydrogen) atoms. The first-order chi connectivity index (χ1) is 7.06. The number of halogens is 1. The minimum atomic E-state index is -2.86. The van der Waals surface area contributed by atoms with E-state index in [1.807, 2.05) is 20.8 Å². The van der Waals surface area contributed by atoms with Gasteiger partial charge in [0.2, 0.25) is 0 Å². The van der Waals surface area contributed by atoms with E-state index in [1.165, 1.54) is 0 Å². The van der Waals surface area contributed by atoms with Gasteiger partial charge in [-0.1, -0.05) is 0 Å². The Morgan fingerprint density at radius 3 is 2.13 bits per heavy atom. The molecule has 0 bridgehead atoms. The predicted octanol–water partition coefficient (Wildman–Crippen LogP) is 4.62. The SMILES string of the molecule is CCP(F)(CC)(CC)CC1C=CC=CC1. The maximum absolute atomic E-state index is 15.2. The summed E-state index contributed by atoms with van der Waals surface area (Å²) >= 11 is 0. The molecule has 0 aromatic rings. The first-order valence-electron chi connectivity index (χ1n) is 6.11. The molecule has 1 atom stereocenters. The van der Waals surface area contributed by atoms with Crippen molar-refractivity contribution in [3.8, 4) is 0 Å². The molecule has 0 amide bonds. The second kappa shape index (κ2) is 4.78. The van der Waals surface area contributed by atoms with Gasteiger partial charge in [0.15, 0.2) is 0 Å². The number of allylic oxidation sites excluding steroid dienone is 4. The van der Waals surface area contributed by atoms with E-state index in [0.29, 0.717) is 5.92 Å². The molecule has 0 fully saturated rings. The van der Waals surface area contributed by atoms with E-state index in [-0.39, 0.29) is 0 Å². The monoisotopic (exact) mass is 230 g/mol. The normalized spacial score (nSPS) is 23.7. The van der Waals surface area contributed by atoms with E-state index in [2.05, 4.69) is 24.3 Å². The molecule has 88 valence electrons. The van der Waals surface area contributed by atoms with Crippen LogP contribution in [0.25, 0.3) is 0 Å². The molecule has 0 radical (unpaired) electrons. The molecule has 0 saturated carbocycles. The number of hydrogen-bond donors (Lipinski definition) is 0. The molecular formula is C13H24FP. The van der Waals surface area contributed by atoms with Crippen molar-refractivity contribution in [2.24, 2.45) is 5.92 Å². The number of hydrogen-bond acceptors (Lipinski definition) is 0. The predicted molar refractivity (Wildman–Crippen MR) is 70.9 cm³/mol. The van der Waals surface area contributed by atoms with E-state index < -0.39 is 6.91 Å². The van der Waals surface area contributed by atoms with Gasteiger partial charge in [-0.05, 0) is 0 Å². The van der Waals surface area contributed by atoms with Crippen LogP contribution in [0.1, 0.15) is 27.2 Å². The van der Waals surface area contributed by atoms with Crippen molar-refractivity contribution in [2.45, 2.75) is 27.2 Å². The van der Waals surface area contributed by atoms with E-state index >= 15 is 4.20 Å². The van der Waals surface area contributed by atoms with Crippen LogP contribution in [0.5, 0.6) is 0 Å². The van der Waals surface area contributed by atoms with Crippen molar-refractivity contribution in [2.75, 3.05) is 24.6 Å².